The number of imide groups is 1. The highest BCUT2D eigenvalue weighted by Gasteiger charge is 2.56. The fraction of sp³-hybridized carbons (Fsp3) is 0.320. The summed E-state index contributed by atoms with van der Waals surface area (Å²) >= 11 is 0. The summed E-state index contributed by atoms with van der Waals surface area (Å²) in [6.45, 7) is 0.206. The number of fused-ring (bicyclic) bond motifs is 1. The van der Waals surface area contributed by atoms with Gasteiger partial charge in [0.05, 0.1) is 30.1 Å². The van der Waals surface area contributed by atoms with Crippen molar-refractivity contribution in [2.45, 2.75) is 19.4 Å². The van der Waals surface area contributed by atoms with Crippen molar-refractivity contribution in [3.63, 3.8) is 0 Å². The van der Waals surface area contributed by atoms with Crippen molar-refractivity contribution in [3.8, 4) is 11.5 Å². The Bertz CT molecular complexity index is 1170. The topological polar surface area (TPSA) is 111 Å². The number of carbonyl (C=O) groups excluding carboxylic acids is 2. The van der Waals surface area contributed by atoms with E-state index < -0.39 is 4.92 Å². The number of allylic oxidation sites excluding steroid dienone is 2. The quantitative estimate of drug-likeness (QED) is 0.204. The third-order valence-corrected chi connectivity index (χ3v) is 6.79. The molecule has 0 aromatic heterocycles. The predicted molar refractivity (Wildman–Crippen MR) is 122 cm³/mol. The van der Waals surface area contributed by atoms with Crippen LogP contribution in [0.1, 0.15) is 24.0 Å². The van der Waals surface area contributed by atoms with Crippen LogP contribution in [-0.4, -0.2) is 35.1 Å². The highest BCUT2D eigenvalue weighted by molar-refractivity contribution is 6.06. The number of nitrogens with zero attached hydrogens (tertiary/aromatic N) is 3. The molecule has 2 amide bonds. The van der Waals surface area contributed by atoms with Crippen LogP contribution < -0.4 is 9.47 Å². The van der Waals surface area contributed by atoms with E-state index in [1.54, 1.807) is 30.3 Å². The smallest absolute Gasteiger partial charge is 0.269 e. The van der Waals surface area contributed by atoms with Gasteiger partial charge in [0.15, 0.2) is 11.5 Å². The summed E-state index contributed by atoms with van der Waals surface area (Å²) in [5, 5.41) is 16.0. The molecule has 2 aromatic rings. The molecule has 9 heteroatoms. The van der Waals surface area contributed by atoms with Gasteiger partial charge in [0, 0.05) is 12.1 Å². The fourth-order valence-electron chi connectivity index (χ4n) is 5.06. The molecule has 2 bridgehead atoms. The molecule has 0 spiro atoms. The molecule has 34 heavy (non-hydrogen) atoms. The maximum absolute atomic E-state index is 12.9. The monoisotopic (exact) mass is 461 g/mol. The van der Waals surface area contributed by atoms with Crippen LogP contribution in [0.5, 0.6) is 11.5 Å². The summed E-state index contributed by atoms with van der Waals surface area (Å²) in [6, 6.07) is 11.3. The number of hydrazone groups is 1. The molecular weight excluding hydrogens is 438 g/mol. The van der Waals surface area contributed by atoms with Crippen LogP contribution in [-0.2, 0) is 16.2 Å². The third kappa shape index (κ3) is 3.83. The predicted octanol–water partition coefficient (Wildman–Crippen LogP) is 3.71. The normalized spacial score (nSPS) is 25.1. The van der Waals surface area contributed by atoms with Crippen molar-refractivity contribution in [1.29, 1.82) is 0 Å². The van der Waals surface area contributed by atoms with Crippen LogP contribution in [0.15, 0.2) is 59.7 Å². The van der Waals surface area contributed by atoms with Gasteiger partial charge in [0.2, 0.25) is 0 Å². The number of hydrogen-bond donors (Lipinski definition) is 0. The molecule has 0 N–H and O–H groups in total. The lowest BCUT2D eigenvalue weighted by atomic mass is 9.63. The number of methoxy groups -OCH3 is 1. The van der Waals surface area contributed by atoms with Gasteiger partial charge in [-0.3, -0.25) is 19.7 Å². The second-order valence-corrected chi connectivity index (χ2v) is 8.70. The van der Waals surface area contributed by atoms with E-state index >= 15 is 0 Å². The molecule has 2 fully saturated rings. The van der Waals surface area contributed by atoms with E-state index in [0.29, 0.717) is 17.1 Å². The van der Waals surface area contributed by atoms with Crippen LogP contribution >= 0.6 is 0 Å². The van der Waals surface area contributed by atoms with Crippen LogP contribution in [0.2, 0.25) is 0 Å². The summed E-state index contributed by atoms with van der Waals surface area (Å²) in [5.74, 6) is 0.163. The van der Waals surface area contributed by atoms with Crippen molar-refractivity contribution in [1.82, 2.24) is 5.01 Å². The zero-order valence-corrected chi connectivity index (χ0v) is 18.5. The van der Waals surface area contributed by atoms with Crippen LogP contribution in [0.3, 0.4) is 0 Å². The lowest BCUT2D eigenvalue weighted by Gasteiger charge is -2.37. The minimum Gasteiger partial charge on any atom is -0.493 e. The average molecular weight is 461 g/mol. The number of ether oxygens (including phenoxy) is 2. The van der Waals surface area contributed by atoms with Crippen molar-refractivity contribution in [2.24, 2.45) is 28.8 Å². The summed E-state index contributed by atoms with van der Waals surface area (Å²) in [5.41, 5.74) is 1.44. The Balaban J connectivity index is 1.27. The van der Waals surface area contributed by atoms with Crippen LogP contribution in [0.25, 0.3) is 0 Å². The molecule has 4 unspecified atom stereocenters. The van der Waals surface area contributed by atoms with Crippen molar-refractivity contribution in [2.75, 3.05) is 7.11 Å². The summed E-state index contributed by atoms with van der Waals surface area (Å²) in [7, 11) is 1.51. The Morgan fingerprint density at radius 3 is 2.24 bits per heavy atom. The molecule has 9 nitrogen and oxygen atoms in total. The largest absolute Gasteiger partial charge is 0.493 e. The van der Waals surface area contributed by atoms with Crippen molar-refractivity contribution in [3.05, 3.63) is 75.9 Å². The zero-order valence-electron chi connectivity index (χ0n) is 18.5. The number of amides is 2. The molecule has 6 rings (SSSR count). The molecule has 2 aromatic carbocycles. The molecule has 0 radical (unpaired) electrons. The Kier molecular flexibility index (Phi) is 5.61. The van der Waals surface area contributed by atoms with E-state index in [1.807, 2.05) is 0 Å². The Hall–Kier alpha value is -4.01. The van der Waals surface area contributed by atoms with E-state index in [-0.39, 0.29) is 47.8 Å². The van der Waals surface area contributed by atoms with Gasteiger partial charge in [-0.25, -0.2) is 0 Å². The summed E-state index contributed by atoms with van der Waals surface area (Å²) in [6.07, 6.45) is 7.52. The molecule has 3 aliphatic carbocycles. The standard InChI is InChI=1S/C25H23N3O6/c1-33-21-12-16(4-11-20(21)34-14-15-2-9-19(10-3-15)28(31)32)13-26-27-24(29)22-17-5-6-18(8-7-17)23(22)25(27)30/h2-6,9-13,17-18,22-23H,7-8,14H2,1H3. The molecule has 1 heterocycles. The lowest BCUT2D eigenvalue weighted by molar-refractivity contribution is -0.384. The number of hydrogen-bond acceptors (Lipinski definition) is 7. The third-order valence-electron chi connectivity index (χ3n) is 6.79. The molecule has 1 saturated carbocycles. The fourth-order valence-corrected chi connectivity index (χ4v) is 5.06. The molecule has 1 aliphatic heterocycles. The lowest BCUT2D eigenvalue weighted by Crippen LogP contribution is -2.38. The molecule has 4 atom stereocenters. The number of non-ortho nitro benzene ring substituents is 1. The van der Waals surface area contributed by atoms with Crippen molar-refractivity contribution >= 4 is 23.7 Å². The minimum atomic E-state index is -0.452. The van der Waals surface area contributed by atoms with Gasteiger partial charge in [0.1, 0.15) is 6.61 Å². The first-order valence-electron chi connectivity index (χ1n) is 11.1. The summed E-state index contributed by atoms with van der Waals surface area (Å²) < 4.78 is 11.2. The second-order valence-electron chi connectivity index (χ2n) is 8.70. The van der Waals surface area contributed by atoms with Gasteiger partial charge in [0.25, 0.3) is 17.5 Å². The van der Waals surface area contributed by atoms with E-state index in [2.05, 4.69) is 17.3 Å². The maximum atomic E-state index is 12.9. The van der Waals surface area contributed by atoms with Crippen LogP contribution in [0.4, 0.5) is 5.69 Å². The number of nitro benzene ring substituents is 1. The van der Waals surface area contributed by atoms with Gasteiger partial charge < -0.3 is 9.47 Å². The first-order valence-corrected chi connectivity index (χ1v) is 11.1. The van der Waals surface area contributed by atoms with Gasteiger partial charge in [-0.05, 0) is 66.1 Å². The van der Waals surface area contributed by atoms with Gasteiger partial charge in [-0.15, -0.1) is 0 Å². The Morgan fingerprint density at radius 1 is 1.03 bits per heavy atom. The minimum absolute atomic E-state index is 0.0168. The molecule has 4 aliphatic rings. The highest BCUT2D eigenvalue weighted by atomic mass is 16.6. The number of benzene rings is 2. The number of rotatable bonds is 7. The number of carbonyl (C=O) groups is 2. The molecular formula is C25H23N3O6. The number of nitro groups is 1. The first-order chi connectivity index (χ1) is 16.5. The average Bonchev–Trinajstić information content (AvgIpc) is 3.14. The van der Waals surface area contributed by atoms with Crippen LogP contribution in [0, 0.1) is 33.8 Å². The first kappa shape index (κ1) is 21.8. The van der Waals surface area contributed by atoms with E-state index in [0.717, 1.165) is 23.4 Å². The van der Waals surface area contributed by atoms with Gasteiger partial charge >= 0.3 is 0 Å². The highest BCUT2D eigenvalue weighted by Crippen LogP contribution is 2.49. The Morgan fingerprint density at radius 2 is 1.68 bits per heavy atom. The van der Waals surface area contributed by atoms with Gasteiger partial charge in [-0.2, -0.15) is 10.1 Å². The van der Waals surface area contributed by atoms with E-state index in [1.165, 1.54) is 25.5 Å². The Labute approximate surface area is 195 Å². The maximum Gasteiger partial charge on any atom is 0.269 e. The molecule has 1 saturated heterocycles. The summed E-state index contributed by atoms with van der Waals surface area (Å²) in [4.78, 5) is 36.1. The molecule has 174 valence electrons. The van der Waals surface area contributed by atoms with E-state index in [9.17, 15) is 19.7 Å². The zero-order chi connectivity index (χ0) is 23.8. The van der Waals surface area contributed by atoms with E-state index in [4.69, 9.17) is 9.47 Å². The second kappa shape index (κ2) is 8.74. The van der Waals surface area contributed by atoms with Gasteiger partial charge in [-0.1, -0.05) is 12.2 Å². The van der Waals surface area contributed by atoms with Crippen molar-refractivity contribution < 1.29 is 24.0 Å². The SMILES string of the molecule is COc1cc(C=NN2C(=O)C3C4C=CC(CC4)C3C2=O)ccc1OCc1ccc([N+](=O)[O-])cc1.